The first-order valence-electron chi connectivity index (χ1n) is 5.41. The van der Waals surface area contributed by atoms with Crippen LogP contribution in [0.15, 0.2) is 12.7 Å². The van der Waals surface area contributed by atoms with Crippen LogP contribution >= 0.6 is 0 Å². The minimum Gasteiger partial charge on any atom is -0.392 e. The fourth-order valence-corrected chi connectivity index (χ4v) is 3.21. The van der Waals surface area contributed by atoms with Gasteiger partial charge < -0.3 is 5.11 Å². The lowest BCUT2D eigenvalue weighted by Crippen LogP contribution is -2.37. The highest BCUT2D eigenvalue weighted by atomic mass is 16.3. The molecule has 0 spiro atoms. The van der Waals surface area contributed by atoms with Crippen LogP contribution in [-0.4, -0.2) is 11.2 Å². The zero-order valence-electron chi connectivity index (χ0n) is 8.66. The molecule has 13 heavy (non-hydrogen) atoms. The zero-order valence-corrected chi connectivity index (χ0v) is 8.66. The molecule has 2 saturated carbocycles. The minimum absolute atomic E-state index is 0.0597. The first-order valence-corrected chi connectivity index (χ1v) is 5.41. The summed E-state index contributed by atoms with van der Waals surface area (Å²) < 4.78 is 0. The SMILES string of the molecule is C=CC[C@@]1(C(C)C)C[C@H]2C[C@H]2[C@@H]1O. The summed E-state index contributed by atoms with van der Waals surface area (Å²) in [5.74, 6) is 2.04. The summed E-state index contributed by atoms with van der Waals surface area (Å²) in [6, 6.07) is 0. The fourth-order valence-electron chi connectivity index (χ4n) is 3.21. The van der Waals surface area contributed by atoms with Crippen molar-refractivity contribution in [3.05, 3.63) is 12.7 Å². The largest absolute Gasteiger partial charge is 0.392 e. The van der Waals surface area contributed by atoms with Crippen molar-refractivity contribution in [2.45, 2.75) is 39.2 Å². The Labute approximate surface area is 80.8 Å². The van der Waals surface area contributed by atoms with Gasteiger partial charge >= 0.3 is 0 Å². The second kappa shape index (κ2) is 2.84. The lowest BCUT2D eigenvalue weighted by Gasteiger charge is -2.38. The third-order valence-electron chi connectivity index (χ3n) is 4.29. The summed E-state index contributed by atoms with van der Waals surface area (Å²) in [4.78, 5) is 0. The standard InChI is InChI=1S/C12H20O/c1-4-5-12(8(2)3)7-9-6-10(9)11(12)13/h4,8-11,13H,1,5-7H2,2-3H3/t9-,10-,11+,12+/m1/s1. The van der Waals surface area contributed by atoms with E-state index in [4.69, 9.17) is 0 Å². The summed E-state index contributed by atoms with van der Waals surface area (Å²) in [5.41, 5.74) is 0.162. The second-order valence-electron chi connectivity index (χ2n) is 5.19. The third-order valence-corrected chi connectivity index (χ3v) is 4.29. The lowest BCUT2D eigenvalue weighted by molar-refractivity contribution is -0.00258. The molecule has 1 nitrogen and oxygen atoms in total. The molecule has 1 N–H and O–H groups in total. The smallest absolute Gasteiger partial charge is 0.0632 e. The molecule has 0 bridgehead atoms. The van der Waals surface area contributed by atoms with Gasteiger partial charge in [0.25, 0.3) is 0 Å². The average Bonchev–Trinajstić information content (AvgIpc) is 2.76. The van der Waals surface area contributed by atoms with Crippen molar-refractivity contribution in [3.8, 4) is 0 Å². The third kappa shape index (κ3) is 1.17. The van der Waals surface area contributed by atoms with E-state index in [-0.39, 0.29) is 11.5 Å². The minimum atomic E-state index is -0.0597. The highest BCUT2D eigenvalue weighted by molar-refractivity contribution is 5.12. The molecule has 2 aliphatic rings. The Balaban J connectivity index is 2.18. The Hall–Kier alpha value is -0.300. The van der Waals surface area contributed by atoms with Gasteiger partial charge in [0, 0.05) is 5.41 Å². The molecule has 2 rings (SSSR count). The first-order chi connectivity index (χ1) is 6.12. The summed E-state index contributed by atoms with van der Waals surface area (Å²) in [6.07, 6.45) is 5.40. The molecular formula is C12H20O. The van der Waals surface area contributed by atoms with E-state index >= 15 is 0 Å². The Kier molecular flexibility index (Phi) is 2.03. The number of hydrogen-bond acceptors (Lipinski definition) is 1. The quantitative estimate of drug-likeness (QED) is 0.662. The number of fused-ring (bicyclic) bond motifs is 1. The van der Waals surface area contributed by atoms with Crippen molar-refractivity contribution in [1.82, 2.24) is 0 Å². The summed E-state index contributed by atoms with van der Waals surface area (Å²) in [5, 5.41) is 10.2. The molecule has 2 aliphatic carbocycles. The number of aliphatic hydroxyl groups excluding tert-OH is 1. The van der Waals surface area contributed by atoms with Crippen molar-refractivity contribution >= 4 is 0 Å². The van der Waals surface area contributed by atoms with E-state index in [1.54, 1.807) is 0 Å². The topological polar surface area (TPSA) is 20.2 Å². The molecule has 0 heterocycles. The summed E-state index contributed by atoms with van der Waals surface area (Å²) in [6.45, 7) is 8.28. The van der Waals surface area contributed by atoms with Gasteiger partial charge in [-0.05, 0) is 37.0 Å². The van der Waals surface area contributed by atoms with Gasteiger partial charge in [0.15, 0.2) is 0 Å². The number of rotatable bonds is 3. The van der Waals surface area contributed by atoms with Gasteiger partial charge in [0.05, 0.1) is 6.10 Å². The fraction of sp³-hybridized carbons (Fsp3) is 0.833. The van der Waals surface area contributed by atoms with Crippen molar-refractivity contribution in [3.63, 3.8) is 0 Å². The molecule has 0 aromatic rings. The van der Waals surface area contributed by atoms with Gasteiger partial charge in [-0.3, -0.25) is 0 Å². The first kappa shape index (κ1) is 9.26. The molecule has 0 amide bonds. The van der Waals surface area contributed by atoms with Crippen LogP contribution in [0.4, 0.5) is 0 Å². The van der Waals surface area contributed by atoms with Crippen LogP contribution in [-0.2, 0) is 0 Å². The molecule has 0 radical (unpaired) electrons. The average molecular weight is 180 g/mol. The van der Waals surface area contributed by atoms with Crippen LogP contribution in [0.2, 0.25) is 0 Å². The van der Waals surface area contributed by atoms with E-state index < -0.39 is 0 Å². The van der Waals surface area contributed by atoms with Crippen molar-refractivity contribution < 1.29 is 5.11 Å². The van der Waals surface area contributed by atoms with Crippen LogP contribution in [0.3, 0.4) is 0 Å². The van der Waals surface area contributed by atoms with E-state index in [1.807, 2.05) is 6.08 Å². The van der Waals surface area contributed by atoms with E-state index in [1.165, 1.54) is 12.8 Å². The molecule has 0 aromatic heterocycles. The maximum absolute atomic E-state index is 10.2. The maximum atomic E-state index is 10.2. The number of allylic oxidation sites excluding steroid dienone is 1. The van der Waals surface area contributed by atoms with Gasteiger partial charge in [0.1, 0.15) is 0 Å². The van der Waals surface area contributed by atoms with Crippen LogP contribution < -0.4 is 0 Å². The number of hydrogen-bond donors (Lipinski definition) is 1. The normalized spacial score (nSPS) is 47.8. The van der Waals surface area contributed by atoms with Crippen LogP contribution in [0.25, 0.3) is 0 Å². The Morgan fingerprint density at radius 3 is 2.69 bits per heavy atom. The molecule has 0 saturated heterocycles. The molecule has 1 heteroatoms. The van der Waals surface area contributed by atoms with Crippen molar-refractivity contribution in [2.75, 3.05) is 0 Å². The van der Waals surface area contributed by atoms with E-state index in [2.05, 4.69) is 20.4 Å². The lowest BCUT2D eigenvalue weighted by atomic mass is 9.69. The van der Waals surface area contributed by atoms with Crippen LogP contribution in [0, 0.1) is 23.2 Å². The van der Waals surface area contributed by atoms with Crippen LogP contribution in [0.5, 0.6) is 0 Å². The molecule has 0 aliphatic heterocycles. The Morgan fingerprint density at radius 1 is 1.62 bits per heavy atom. The second-order valence-corrected chi connectivity index (χ2v) is 5.19. The Bertz CT molecular complexity index is 221. The van der Waals surface area contributed by atoms with E-state index in [0.717, 1.165) is 12.3 Å². The van der Waals surface area contributed by atoms with E-state index in [0.29, 0.717) is 11.8 Å². The molecule has 0 unspecified atom stereocenters. The maximum Gasteiger partial charge on any atom is 0.0632 e. The van der Waals surface area contributed by atoms with Gasteiger partial charge in [0.2, 0.25) is 0 Å². The highest BCUT2D eigenvalue weighted by Gasteiger charge is 2.60. The Morgan fingerprint density at radius 2 is 2.31 bits per heavy atom. The van der Waals surface area contributed by atoms with E-state index in [9.17, 15) is 5.11 Å². The molecule has 74 valence electrons. The van der Waals surface area contributed by atoms with Gasteiger partial charge in [-0.1, -0.05) is 19.9 Å². The zero-order chi connectivity index (χ0) is 9.64. The van der Waals surface area contributed by atoms with Gasteiger partial charge in [-0.15, -0.1) is 6.58 Å². The number of aliphatic hydroxyl groups is 1. The van der Waals surface area contributed by atoms with Crippen molar-refractivity contribution in [2.24, 2.45) is 23.2 Å². The monoisotopic (exact) mass is 180 g/mol. The summed E-state index contributed by atoms with van der Waals surface area (Å²) in [7, 11) is 0. The molecule has 0 aromatic carbocycles. The predicted octanol–water partition coefficient (Wildman–Crippen LogP) is 2.61. The molecular weight excluding hydrogens is 160 g/mol. The highest BCUT2D eigenvalue weighted by Crippen LogP contribution is 2.63. The van der Waals surface area contributed by atoms with Gasteiger partial charge in [-0.25, -0.2) is 0 Å². The van der Waals surface area contributed by atoms with Gasteiger partial charge in [-0.2, -0.15) is 0 Å². The molecule has 2 fully saturated rings. The predicted molar refractivity (Wildman–Crippen MR) is 54.3 cm³/mol. The van der Waals surface area contributed by atoms with Crippen molar-refractivity contribution in [1.29, 1.82) is 0 Å². The van der Waals surface area contributed by atoms with Crippen LogP contribution in [0.1, 0.15) is 33.1 Å². The molecule has 4 atom stereocenters. The summed E-state index contributed by atoms with van der Waals surface area (Å²) >= 11 is 0.